The molecule has 0 unspecified atom stereocenters. The van der Waals surface area contributed by atoms with Crippen molar-refractivity contribution in [3.05, 3.63) is 107 Å². The van der Waals surface area contributed by atoms with Gasteiger partial charge in [-0.3, -0.25) is 37.1 Å². The van der Waals surface area contributed by atoms with Crippen molar-refractivity contribution < 1.29 is 87.0 Å². The van der Waals surface area contributed by atoms with Crippen molar-refractivity contribution in [2.45, 2.75) is 42.5 Å². The topological polar surface area (TPSA) is 381 Å². The number of nitrogens with zero attached hydrogens (tertiary/aromatic N) is 1. The molecule has 0 radical (unpaired) electrons. The van der Waals surface area contributed by atoms with Crippen LogP contribution in [0.2, 0.25) is 0 Å². The van der Waals surface area contributed by atoms with Gasteiger partial charge in [-0.15, -0.1) is 0 Å². The third kappa shape index (κ3) is 9.60. The van der Waals surface area contributed by atoms with Crippen molar-refractivity contribution in [2.24, 2.45) is 4.99 Å². The molecule has 4 aromatic rings. The molecule has 2 aliphatic rings. The van der Waals surface area contributed by atoms with Gasteiger partial charge in [0, 0.05) is 40.8 Å². The maximum atomic E-state index is 12.9. The fraction of sp³-hybridized carbons (Fsp3) is 0.0588. The van der Waals surface area contributed by atoms with E-state index >= 15 is 0 Å². The van der Waals surface area contributed by atoms with Crippen LogP contribution >= 0.6 is 0 Å². The van der Waals surface area contributed by atoms with Gasteiger partial charge >= 0.3 is 0 Å². The normalized spacial score (nSPS) is 13.4. The quantitative estimate of drug-likeness (QED) is 0.0496. The highest BCUT2D eigenvalue weighted by atomic mass is 32.2. The second kappa shape index (κ2) is 16.0. The van der Waals surface area contributed by atoms with Crippen LogP contribution in [-0.4, -0.2) is 84.1 Å². The monoisotopic (exact) mass is 974 g/mol. The number of aldehydes is 1. The minimum absolute atomic E-state index is 0.00899. The summed E-state index contributed by atoms with van der Waals surface area (Å²) in [6, 6.07) is 13.1. The first-order valence-corrected chi connectivity index (χ1v) is 25.1. The molecule has 6 rings (SSSR count). The van der Waals surface area contributed by atoms with Gasteiger partial charge in [0.15, 0.2) is 6.29 Å². The van der Waals surface area contributed by atoms with Gasteiger partial charge in [-0.05, 0) is 53.1 Å². The minimum atomic E-state index is -5.30. The minimum Gasteiger partial charge on any atom is -0.456 e. The predicted molar refractivity (Wildman–Crippen MR) is 212 cm³/mol. The van der Waals surface area contributed by atoms with E-state index in [1.807, 2.05) is 0 Å². The van der Waals surface area contributed by atoms with Crippen molar-refractivity contribution in [3.8, 4) is 22.5 Å². The molecule has 28 heteroatoms. The van der Waals surface area contributed by atoms with E-state index in [0.29, 0.717) is 18.4 Å². The van der Waals surface area contributed by atoms with Gasteiger partial charge in [-0.1, -0.05) is 36.4 Å². The molecule has 1 aliphatic heterocycles. The molecule has 62 heavy (non-hydrogen) atoms. The number of fused-ring (bicyclic) bond motifs is 2. The standard InChI is InChI=1S/C34H26N2O20S6/c37-17-20-3-1-2-4-23(20)34-24-11-32(61(50,51)52)26(35-15-18-5-7-21(57(38,39)40)9-30(18)59(44,45)46)13-28(24)56-29-14-27(33(12-25(29)34)62(53,54)55)36-16-19-6-8-22(58(41,42)43)10-31(19)60(47,48)49/h1-14,17,35H,15-16H2,(H,38,39,40)(H,41,42,43)(H,44,45,46)(H,47,48,49)(H,50,51,52)(H,53,54,55). The molecule has 0 saturated heterocycles. The largest absolute Gasteiger partial charge is 0.456 e. The van der Waals surface area contributed by atoms with E-state index < -0.39 is 120 Å². The van der Waals surface area contributed by atoms with Crippen molar-refractivity contribution >= 4 is 83.7 Å². The number of nitrogens with one attached hydrogen (secondary N) is 1. The Kier molecular flexibility index (Phi) is 11.9. The number of anilines is 1. The number of rotatable bonds is 13. The van der Waals surface area contributed by atoms with E-state index in [0.717, 1.165) is 48.5 Å². The summed E-state index contributed by atoms with van der Waals surface area (Å²) < 4.78 is 212. The van der Waals surface area contributed by atoms with Crippen molar-refractivity contribution in [1.82, 2.24) is 0 Å². The van der Waals surface area contributed by atoms with Crippen LogP contribution in [0, 0.1) is 0 Å². The van der Waals surface area contributed by atoms with Crippen LogP contribution in [0.1, 0.15) is 21.5 Å². The van der Waals surface area contributed by atoms with Crippen LogP contribution in [0.25, 0.3) is 33.4 Å². The lowest BCUT2D eigenvalue weighted by molar-refractivity contribution is 0.112. The van der Waals surface area contributed by atoms with E-state index in [2.05, 4.69) is 10.3 Å². The Hall–Kier alpha value is -5.50. The van der Waals surface area contributed by atoms with Gasteiger partial charge in [-0.25, -0.2) is 0 Å². The highest BCUT2D eigenvalue weighted by Crippen LogP contribution is 2.44. The number of carbonyl (C=O) groups excluding carboxylic acids is 1. The van der Waals surface area contributed by atoms with E-state index in [9.17, 15) is 82.6 Å². The van der Waals surface area contributed by atoms with Gasteiger partial charge in [0.1, 0.15) is 30.9 Å². The summed E-state index contributed by atoms with van der Waals surface area (Å²) in [5.74, 6) is -0.323. The molecular formula is C34H26N2O20S6. The summed E-state index contributed by atoms with van der Waals surface area (Å²) in [6.07, 6.45) is 0.393. The van der Waals surface area contributed by atoms with E-state index in [4.69, 9.17) is 4.42 Å². The van der Waals surface area contributed by atoms with Crippen LogP contribution in [0.4, 0.5) is 5.69 Å². The van der Waals surface area contributed by atoms with Crippen LogP contribution in [-0.2, 0) is 73.8 Å². The summed E-state index contributed by atoms with van der Waals surface area (Å²) in [4.78, 5) is 10.5. The lowest BCUT2D eigenvalue weighted by atomic mass is 9.91. The molecule has 0 fully saturated rings. The smallest absolute Gasteiger partial charge is 0.296 e. The molecule has 4 aromatic carbocycles. The Morgan fingerprint density at radius 1 is 0.548 bits per heavy atom. The summed E-state index contributed by atoms with van der Waals surface area (Å²) in [5, 5.41) is 1.67. The Labute approximate surface area is 351 Å². The molecule has 0 bridgehead atoms. The Morgan fingerprint density at radius 3 is 1.61 bits per heavy atom. The Bertz CT molecular complexity index is 3620. The molecule has 0 saturated carbocycles. The summed E-state index contributed by atoms with van der Waals surface area (Å²) in [6.45, 7) is -1.56. The number of hydrogen-bond acceptors (Lipinski definition) is 16. The molecule has 1 heterocycles. The summed E-state index contributed by atoms with van der Waals surface area (Å²) >= 11 is 0. The van der Waals surface area contributed by atoms with Crippen LogP contribution in [0.3, 0.4) is 0 Å². The second-order valence-electron chi connectivity index (χ2n) is 12.9. The zero-order valence-corrected chi connectivity index (χ0v) is 35.3. The zero-order valence-electron chi connectivity index (χ0n) is 30.4. The average molecular weight is 975 g/mol. The lowest BCUT2D eigenvalue weighted by Crippen LogP contribution is -2.17. The second-order valence-corrected chi connectivity index (χ2v) is 21.3. The summed E-state index contributed by atoms with van der Waals surface area (Å²) in [7, 11) is -30.9. The number of hydrogen-bond donors (Lipinski definition) is 7. The molecule has 0 atom stereocenters. The van der Waals surface area contributed by atoms with Crippen molar-refractivity contribution in [3.63, 3.8) is 0 Å². The summed E-state index contributed by atoms with van der Waals surface area (Å²) in [5.41, 5.74) is -2.08. The third-order valence-electron chi connectivity index (χ3n) is 8.93. The van der Waals surface area contributed by atoms with Crippen molar-refractivity contribution in [2.75, 3.05) is 5.32 Å². The lowest BCUT2D eigenvalue weighted by Gasteiger charge is -2.20. The SMILES string of the molecule is O=Cc1ccccc1-c1c2cc(S(=O)(=O)O)c(=NCc3ccc(S(=O)(=O)O)cc3S(=O)(=O)O)cc-2oc2cc(NCc3ccc(S(=O)(=O)O)cc3S(=O)(=O)O)c(S(=O)(=O)O)cc12. The molecule has 0 spiro atoms. The molecule has 328 valence electrons. The fourth-order valence-electron chi connectivity index (χ4n) is 6.24. The van der Waals surface area contributed by atoms with Crippen molar-refractivity contribution in [1.29, 1.82) is 0 Å². The van der Waals surface area contributed by atoms with Gasteiger partial charge in [-0.2, -0.15) is 50.5 Å². The number of carbonyl (C=O) groups is 1. The maximum absolute atomic E-state index is 12.9. The van der Waals surface area contributed by atoms with Gasteiger partial charge < -0.3 is 9.73 Å². The first-order valence-electron chi connectivity index (χ1n) is 16.5. The van der Waals surface area contributed by atoms with Crippen LogP contribution < -0.4 is 10.7 Å². The van der Waals surface area contributed by atoms with E-state index in [1.165, 1.54) is 24.3 Å². The zero-order chi connectivity index (χ0) is 46.0. The van der Waals surface area contributed by atoms with E-state index in [-0.39, 0.29) is 44.5 Å². The van der Waals surface area contributed by atoms with Gasteiger partial charge in [0.25, 0.3) is 60.7 Å². The molecule has 22 nitrogen and oxygen atoms in total. The maximum Gasteiger partial charge on any atom is 0.296 e. The average Bonchev–Trinajstić information content (AvgIpc) is 3.15. The predicted octanol–water partition coefficient (Wildman–Crippen LogP) is 3.21. The first-order chi connectivity index (χ1) is 28.5. The molecule has 1 aliphatic carbocycles. The molecule has 0 amide bonds. The first kappa shape index (κ1) is 46.0. The van der Waals surface area contributed by atoms with Gasteiger partial charge in [0.05, 0.1) is 27.4 Å². The highest BCUT2D eigenvalue weighted by Gasteiger charge is 2.28. The van der Waals surface area contributed by atoms with E-state index in [1.54, 1.807) is 0 Å². The third-order valence-corrected chi connectivity index (χ3v) is 14.3. The molecular weight excluding hydrogens is 949 g/mol. The fourth-order valence-corrected chi connectivity index (χ4v) is 10.2. The van der Waals surface area contributed by atoms with Gasteiger partial charge in [0.2, 0.25) is 0 Å². The molecule has 0 aromatic heterocycles. The molecule has 7 N–H and O–H groups in total. The highest BCUT2D eigenvalue weighted by molar-refractivity contribution is 7.87. The number of benzene rings is 5. The van der Waals surface area contributed by atoms with Crippen LogP contribution in [0.5, 0.6) is 0 Å². The van der Waals surface area contributed by atoms with Crippen LogP contribution in [0.15, 0.2) is 124 Å². The Morgan fingerprint density at radius 2 is 1.08 bits per heavy atom. The Balaban J connectivity index is 1.66.